The van der Waals surface area contributed by atoms with Crippen LogP contribution in [0, 0.1) is 6.92 Å². The van der Waals surface area contributed by atoms with Gasteiger partial charge in [-0.15, -0.1) is 0 Å². The van der Waals surface area contributed by atoms with E-state index in [1.54, 1.807) is 0 Å². The van der Waals surface area contributed by atoms with E-state index in [1.807, 2.05) is 19.0 Å². The fourth-order valence-corrected chi connectivity index (χ4v) is 3.91. The number of alkyl halides is 1. The molecule has 24 heavy (non-hydrogen) atoms. The van der Waals surface area contributed by atoms with Crippen molar-refractivity contribution in [3.63, 3.8) is 0 Å². The van der Waals surface area contributed by atoms with Gasteiger partial charge < -0.3 is 15.5 Å². The Bertz CT molecular complexity index is 792. The second kappa shape index (κ2) is 5.81. The van der Waals surface area contributed by atoms with Crippen LogP contribution in [0.5, 0.6) is 0 Å². The van der Waals surface area contributed by atoms with Crippen molar-refractivity contribution in [3.05, 3.63) is 16.8 Å². The standard InChI is InChI=1S/C17H23FN6/c1-9-10-5-4-6-12(10)20-16-14(9)15(19-2)22-17(23-16)21-13-8-24(3)7-11(13)18/h11,13H,4-8H2,1-3H3,(H2,19,20,21,22,23)/t11-,13-/m0/s1. The van der Waals surface area contributed by atoms with Gasteiger partial charge in [-0.2, -0.15) is 9.97 Å². The Kier molecular flexibility index (Phi) is 3.75. The molecule has 0 amide bonds. The normalized spacial score (nSPS) is 23.7. The number of aryl methyl sites for hydroxylation is 2. The minimum atomic E-state index is -0.915. The van der Waals surface area contributed by atoms with E-state index in [9.17, 15) is 4.39 Å². The third kappa shape index (κ3) is 2.47. The molecule has 6 nitrogen and oxygen atoms in total. The lowest BCUT2D eigenvalue weighted by Crippen LogP contribution is -2.30. The van der Waals surface area contributed by atoms with Crippen LogP contribution in [-0.4, -0.2) is 59.3 Å². The summed E-state index contributed by atoms with van der Waals surface area (Å²) in [5, 5.41) is 7.28. The van der Waals surface area contributed by atoms with Crippen molar-refractivity contribution in [2.75, 3.05) is 37.8 Å². The molecule has 0 bridgehead atoms. The Labute approximate surface area is 140 Å². The van der Waals surface area contributed by atoms with Crippen molar-refractivity contribution in [3.8, 4) is 0 Å². The van der Waals surface area contributed by atoms with Gasteiger partial charge >= 0.3 is 0 Å². The zero-order valence-electron chi connectivity index (χ0n) is 14.4. The highest BCUT2D eigenvalue weighted by atomic mass is 19.1. The van der Waals surface area contributed by atoms with Crippen molar-refractivity contribution in [1.29, 1.82) is 0 Å². The summed E-state index contributed by atoms with van der Waals surface area (Å²) in [5.41, 5.74) is 4.39. The second-order valence-corrected chi connectivity index (χ2v) is 6.85. The number of nitrogens with one attached hydrogen (secondary N) is 2. The van der Waals surface area contributed by atoms with E-state index in [0.717, 1.165) is 36.2 Å². The van der Waals surface area contributed by atoms with Gasteiger partial charge in [0.1, 0.15) is 12.0 Å². The Morgan fingerprint density at radius 1 is 1.17 bits per heavy atom. The van der Waals surface area contributed by atoms with Crippen LogP contribution in [0.25, 0.3) is 11.0 Å². The number of anilines is 2. The Morgan fingerprint density at radius 3 is 2.71 bits per heavy atom. The minimum Gasteiger partial charge on any atom is -0.372 e. The smallest absolute Gasteiger partial charge is 0.227 e. The van der Waals surface area contributed by atoms with Gasteiger partial charge in [0.25, 0.3) is 0 Å². The molecule has 2 aromatic rings. The van der Waals surface area contributed by atoms with Crippen LogP contribution >= 0.6 is 0 Å². The highest BCUT2D eigenvalue weighted by Gasteiger charge is 2.31. The molecule has 1 fully saturated rings. The zero-order chi connectivity index (χ0) is 16.8. The number of hydrogen-bond donors (Lipinski definition) is 2. The summed E-state index contributed by atoms with van der Waals surface area (Å²) in [6.45, 7) is 3.21. The predicted molar refractivity (Wildman–Crippen MR) is 93.4 cm³/mol. The van der Waals surface area contributed by atoms with Crippen LogP contribution in [0.2, 0.25) is 0 Å². The Balaban J connectivity index is 1.77. The maximum absolute atomic E-state index is 14.1. The first-order valence-electron chi connectivity index (χ1n) is 8.54. The van der Waals surface area contributed by atoms with Crippen molar-refractivity contribution in [2.45, 2.75) is 38.4 Å². The van der Waals surface area contributed by atoms with Gasteiger partial charge in [-0.05, 0) is 44.4 Å². The summed E-state index contributed by atoms with van der Waals surface area (Å²) in [7, 11) is 3.77. The van der Waals surface area contributed by atoms with Crippen LogP contribution in [0.15, 0.2) is 0 Å². The highest BCUT2D eigenvalue weighted by molar-refractivity contribution is 5.91. The third-order valence-corrected chi connectivity index (χ3v) is 5.13. The van der Waals surface area contributed by atoms with Crippen LogP contribution in [-0.2, 0) is 12.8 Å². The number of fused-ring (bicyclic) bond motifs is 2. The molecule has 4 rings (SSSR count). The summed E-state index contributed by atoms with van der Waals surface area (Å²) in [5.74, 6) is 1.20. The molecule has 0 aromatic carbocycles. The Morgan fingerprint density at radius 2 is 2.00 bits per heavy atom. The summed E-state index contributed by atoms with van der Waals surface area (Å²) >= 11 is 0. The van der Waals surface area contributed by atoms with Gasteiger partial charge in [0, 0.05) is 25.8 Å². The van der Waals surface area contributed by atoms with Gasteiger partial charge in [-0.3, -0.25) is 0 Å². The number of likely N-dealkylation sites (tertiary alicyclic amines) is 1. The maximum atomic E-state index is 14.1. The lowest BCUT2D eigenvalue weighted by molar-refractivity contribution is 0.314. The van der Waals surface area contributed by atoms with Gasteiger partial charge in [0.05, 0.1) is 11.4 Å². The predicted octanol–water partition coefficient (Wildman–Crippen LogP) is 1.93. The van der Waals surface area contributed by atoms with Crippen LogP contribution < -0.4 is 10.6 Å². The number of nitrogens with zero attached hydrogens (tertiary/aromatic N) is 4. The molecule has 0 saturated carbocycles. The first-order valence-corrected chi connectivity index (χ1v) is 8.54. The minimum absolute atomic E-state index is 0.285. The van der Waals surface area contributed by atoms with E-state index in [1.165, 1.54) is 11.1 Å². The molecular weight excluding hydrogens is 307 g/mol. The first-order chi connectivity index (χ1) is 11.6. The van der Waals surface area contributed by atoms with E-state index in [2.05, 4.69) is 27.5 Å². The summed E-state index contributed by atoms with van der Waals surface area (Å²) in [6, 6.07) is -0.285. The van der Waals surface area contributed by atoms with Crippen molar-refractivity contribution in [2.24, 2.45) is 0 Å². The molecule has 3 heterocycles. The lowest BCUT2D eigenvalue weighted by atomic mass is 10.1. The zero-order valence-corrected chi connectivity index (χ0v) is 14.4. The summed E-state index contributed by atoms with van der Waals surface area (Å²) in [4.78, 5) is 15.9. The molecule has 1 saturated heterocycles. The second-order valence-electron chi connectivity index (χ2n) is 6.85. The number of halogens is 1. The number of rotatable bonds is 3. The number of hydrogen-bond acceptors (Lipinski definition) is 6. The monoisotopic (exact) mass is 330 g/mol. The molecule has 2 aliphatic rings. The van der Waals surface area contributed by atoms with Crippen LogP contribution in [0.1, 0.15) is 23.2 Å². The maximum Gasteiger partial charge on any atom is 0.227 e. The van der Waals surface area contributed by atoms with Gasteiger partial charge in [-0.1, -0.05) is 0 Å². The number of aromatic nitrogens is 3. The number of pyridine rings is 1. The average Bonchev–Trinajstić information content (AvgIpc) is 3.13. The molecule has 1 aliphatic heterocycles. The summed E-state index contributed by atoms with van der Waals surface area (Å²) < 4.78 is 14.1. The van der Waals surface area contributed by atoms with Crippen molar-refractivity contribution in [1.82, 2.24) is 19.9 Å². The van der Waals surface area contributed by atoms with Crippen molar-refractivity contribution >= 4 is 22.8 Å². The van der Waals surface area contributed by atoms with Gasteiger partial charge in [0.2, 0.25) is 5.95 Å². The molecule has 1 aliphatic carbocycles. The first kappa shape index (κ1) is 15.5. The van der Waals surface area contributed by atoms with Crippen LogP contribution in [0.4, 0.5) is 16.2 Å². The molecule has 0 unspecified atom stereocenters. The van der Waals surface area contributed by atoms with E-state index >= 15 is 0 Å². The quantitative estimate of drug-likeness (QED) is 0.896. The van der Waals surface area contributed by atoms with Crippen LogP contribution in [0.3, 0.4) is 0 Å². The van der Waals surface area contributed by atoms with Gasteiger partial charge in [-0.25, -0.2) is 9.37 Å². The van der Waals surface area contributed by atoms with E-state index in [0.29, 0.717) is 24.7 Å². The average molecular weight is 330 g/mol. The highest BCUT2D eigenvalue weighted by Crippen LogP contribution is 2.32. The van der Waals surface area contributed by atoms with Gasteiger partial charge in [0.15, 0.2) is 5.65 Å². The molecule has 2 atom stereocenters. The largest absolute Gasteiger partial charge is 0.372 e. The molecule has 128 valence electrons. The van der Waals surface area contributed by atoms with E-state index in [-0.39, 0.29) is 6.04 Å². The third-order valence-electron chi connectivity index (χ3n) is 5.13. The fraction of sp³-hybridized carbons (Fsp3) is 0.588. The molecular formula is C17H23FN6. The topological polar surface area (TPSA) is 66.0 Å². The Hall–Kier alpha value is -2.02. The van der Waals surface area contributed by atoms with E-state index < -0.39 is 6.17 Å². The molecule has 2 aromatic heterocycles. The summed E-state index contributed by atoms with van der Waals surface area (Å²) in [6.07, 6.45) is 2.31. The molecule has 0 spiro atoms. The molecule has 7 heteroatoms. The fourth-order valence-electron chi connectivity index (χ4n) is 3.91. The number of likely N-dealkylation sites (N-methyl/N-ethyl adjacent to an activating group) is 1. The van der Waals surface area contributed by atoms with Crippen molar-refractivity contribution < 1.29 is 4.39 Å². The lowest BCUT2D eigenvalue weighted by Gasteiger charge is -2.17. The SMILES string of the molecule is CNc1nc(N[C@H]2CN(C)C[C@@H]2F)nc2nc3c(c(C)c12)CCC3. The molecule has 0 radical (unpaired) electrons. The van der Waals surface area contributed by atoms with E-state index in [4.69, 9.17) is 4.98 Å². The molecule has 2 N–H and O–H groups in total.